The van der Waals surface area contributed by atoms with Crippen LogP contribution in [0.4, 0.5) is 11.4 Å². The predicted molar refractivity (Wildman–Crippen MR) is 63.8 cm³/mol. The van der Waals surface area contributed by atoms with Crippen LogP contribution in [0.2, 0.25) is 0 Å². The fraction of sp³-hybridized carbons (Fsp3) is 0.417. The van der Waals surface area contributed by atoms with Gasteiger partial charge in [-0.1, -0.05) is 19.4 Å². The van der Waals surface area contributed by atoms with E-state index in [2.05, 4.69) is 12.2 Å². The van der Waals surface area contributed by atoms with E-state index >= 15 is 0 Å². The Bertz CT molecular complexity index is 347. The SMILES string of the molecule is CCCCc1ccc(NC(C)=O)cc1N. The van der Waals surface area contributed by atoms with Gasteiger partial charge in [0.2, 0.25) is 5.91 Å². The van der Waals surface area contributed by atoms with E-state index in [9.17, 15) is 4.79 Å². The zero-order chi connectivity index (χ0) is 11.3. The summed E-state index contributed by atoms with van der Waals surface area (Å²) in [5, 5.41) is 2.71. The number of nitrogens with one attached hydrogen (secondary N) is 1. The number of benzene rings is 1. The van der Waals surface area contributed by atoms with Crippen molar-refractivity contribution in [1.82, 2.24) is 0 Å². The molecule has 0 aromatic heterocycles. The van der Waals surface area contributed by atoms with Gasteiger partial charge in [-0.05, 0) is 30.5 Å². The van der Waals surface area contributed by atoms with Gasteiger partial charge >= 0.3 is 0 Å². The molecule has 0 atom stereocenters. The molecule has 3 N–H and O–H groups in total. The number of carbonyl (C=O) groups excluding carboxylic acids is 1. The lowest BCUT2D eigenvalue weighted by Gasteiger charge is -2.08. The Labute approximate surface area is 90.7 Å². The Morgan fingerprint density at radius 2 is 2.20 bits per heavy atom. The molecule has 0 aliphatic heterocycles. The molecule has 3 heteroatoms. The van der Waals surface area contributed by atoms with E-state index in [1.165, 1.54) is 6.92 Å². The summed E-state index contributed by atoms with van der Waals surface area (Å²) < 4.78 is 0. The number of amides is 1. The van der Waals surface area contributed by atoms with Gasteiger partial charge in [0.15, 0.2) is 0 Å². The minimum Gasteiger partial charge on any atom is -0.398 e. The van der Waals surface area contributed by atoms with Crippen molar-refractivity contribution in [2.75, 3.05) is 11.1 Å². The number of hydrogen-bond donors (Lipinski definition) is 2. The van der Waals surface area contributed by atoms with Crippen molar-refractivity contribution < 1.29 is 4.79 Å². The quantitative estimate of drug-likeness (QED) is 0.744. The second-order valence-electron chi connectivity index (χ2n) is 3.70. The summed E-state index contributed by atoms with van der Waals surface area (Å²) in [5.74, 6) is -0.0734. The third-order valence-electron chi connectivity index (χ3n) is 2.27. The van der Waals surface area contributed by atoms with E-state index < -0.39 is 0 Å². The lowest BCUT2D eigenvalue weighted by molar-refractivity contribution is -0.114. The molecule has 0 heterocycles. The third kappa shape index (κ3) is 3.62. The first-order chi connectivity index (χ1) is 7.13. The van der Waals surface area contributed by atoms with Gasteiger partial charge in [-0.15, -0.1) is 0 Å². The summed E-state index contributed by atoms with van der Waals surface area (Å²) in [6.45, 7) is 3.64. The summed E-state index contributed by atoms with van der Waals surface area (Å²) in [4.78, 5) is 10.8. The third-order valence-corrected chi connectivity index (χ3v) is 2.27. The molecular formula is C12H18N2O. The molecule has 1 amide bonds. The largest absolute Gasteiger partial charge is 0.398 e. The number of aryl methyl sites for hydroxylation is 1. The molecule has 0 saturated carbocycles. The van der Waals surface area contributed by atoms with E-state index in [1.807, 2.05) is 18.2 Å². The van der Waals surface area contributed by atoms with Crippen LogP contribution in [0.15, 0.2) is 18.2 Å². The summed E-state index contributed by atoms with van der Waals surface area (Å²) in [7, 11) is 0. The van der Waals surface area contributed by atoms with E-state index in [0.717, 1.165) is 36.2 Å². The van der Waals surface area contributed by atoms with Crippen LogP contribution in [0.25, 0.3) is 0 Å². The highest BCUT2D eigenvalue weighted by atomic mass is 16.1. The van der Waals surface area contributed by atoms with Gasteiger partial charge in [0.25, 0.3) is 0 Å². The van der Waals surface area contributed by atoms with Crippen molar-refractivity contribution in [2.24, 2.45) is 0 Å². The van der Waals surface area contributed by atoms with E-state index in [-0.39, 0.29) is 5.91 Å². The zero-order valence-electron chi connectivity index (χ0n) is 9.34. The fourth-order valence-corrected chi connectivity index (χ4v) is 1.47. The first-order valence-electron chi connectivity index (χ1n) is 5.29. The van der Waals surface area contributed by atoms with Crippen molar-refractivity contribution in [3.05, 3.63) is 23.8 Å². The molecule has 0 aliphatic rings. The first kappa shape index (κ1) is 11.6. The van der Waals surface area contributed by atoms with Crippen molar-refractivity contribution >= 4 is 17.3 Å². The molecule has 0 saturated heterocycles. The molecule has 3 nitrogen and oxygen atoms in total. The number of hydrogen-bond acceptors (Lipinski definition) is 2. The highest BCUT2D eigenvalue weighted by Crippen LogP contribution is 2.19. The molecule has 0 spiro atoms. The number of nitrogen functional groups attached to an aromatic ring is 1. The van der Waals surface area contributed by atoms with Gasteiger partial charge < -0.3 is 11.1 Å². The number of rotatable bonds is 4. The molecule has 1 aromatic carbocycles. The average Bonchev–Trinajstić information content (AvgIpc) is 2.15. The van der Waals surface area contributed by atoms with Crippen LogP contribution >= 0.6 is 0 Å². The van der Waals surface area contributed by atoms with Gasteiger partial charge in [-0.2, -0.15) is 0 Å². The Morgan fingerprint density at radius 3 is 2.73 bits per heavy atom. The molecule has 0 bridgehead atoms. The molecule has 15 heavy (non-hydrogen) atoms. The lowest BCUT2D eigenvalue weighted by Crippen LogP contribution is -2.06. The smallest absolute Gasteiger partial charge is 0.221 e. The minimum absolute atomic E-state index is 0.0734. The summed E-state index contributed by atoms with van der Waals surface area (Å²) in [6, 6.07) is 5.69. The number of anilines is 2. The molecule has 0 radical (unpaired) electrons. The molecular weight excluding hydrogens is 188 g/mol. The highest BCUT2D eigenvalue weighted by molar-refractivity contribution is 5.89. The maximum Gasteiger partial charge on any atom is 0.221 e. The number of nitrogens with two attached hydrogens (primary N) is 1. The standard InChI is InChI=1S/C12H18N2O/c1-3-4-5-10-6-7-11(8-12(10)13)14-9(2)15/h6-8H,3-5,13H2,1-2H3,(H,14,15). The average molecular weight is 206 g/mol. The maximum atomic E-state index is 10.8. The van der Waals surface area contributed by atoms with Crippen LogP contribution in [0.1, 0.15) is 32.3 Å². The van der Waals surface area contributed by atoms with Gasteiger partial charge in [0.05, 0.1) is 0 Å². The summed E-state index contributed by atoms with van der Waals surface area (Å²) in [6.07, 6.45) is 3.30. The molecule has 82 valence electrons. The second-order valence-corrected chi connectivity index (χ2v) is 3.70. The minimum atomic E-state index is -0.0734. The first-order valence-corrected chi connectivity index (χ1v) is 5.29. The van der Waals surface area contributed by atoms with Crippen LogP contribution in [0, 0.1) is 0 Å². The number of unbranched alkanes of at least 4 members (excludes halogenated alkanes) is 1. The van der Waals surface area contributed by atoms with Gasteiger partial charge in [0, 0.05) is 18.3 Å². The molecule has 0 fully saturated rings. The van der Waals surface area contributed by atoms with Crippen molar-refractivity contribution in [3.8, 4) is 0 Å². The van der Waals surface area contributed by atoms with Crippen LogP contribution < -0.4 is 11.1 Å². The van der Waals surface area contributed by atoms with Crippen LogP contribution in [0.3, 0.4) is 0 Å². The summed E-state index contributed by atoms with van der Waals surface area (Å²) >= 11 is 0. The van der Waals surface area contributed by atoms with Gasteiger partial charge in [0.1, 0.15) is 0 Å². The lowest BCUT2D eigenvalue weighted by atomic mass is 10.1. The molecule has 1 aromatic rings. The maximum absolute atomic E-state index is 10.8. The van der Waals surface area contributed by atoms with Crippen LogP contribution in [0.5, 0.6) is 0 Å². The van der Waals surface area contributed by atoms with Crippen molar-refractivity contribution in [3.63, 3.8) is 0 Å². The van der Waals surface area contributed by atoms with Gasteiger partial charge in [-0.25, -0.2) is 0 Å². The van der Waals surface area contributed by atoms with Crippen molar-refractivity contribution in [2.45, 2.75) is 33.1 Å². The Morgan fingerprint density at radius 1 is 1.47 bits per heavy atom. The Hall–Kier alpha value is -1.51. The van der Waals surface area contributed by atoms with Gasteiger partial charge in [-0.3, -0.25) is 4.79 Å². The van der Waals surface area contributed by atoms with Crippen LogP contribution in [-0.4, -0.2) is 5.91 Å². The molecule has 0 unspecified atom stereocenters. The fourth-order valence-electron chi connectivity index (χ4n) is 1.47. The predicted octanol–water partition coefficient (Wildman–Crippen LogP) is 2.57. The Balaban J connectivity index is 2.74. The summed E-state index contributed by atoms with van der Waals surface area (Å²) in [5.41, 5.74) is 8.57. The zero-order valence-corrected chi connectivity index (χ0v) is 9.34. The van der Waals surface area contributed by atoms with E-state index in [0.29, 0.717) is 0 Å². The van der Waals surface area contributed by atoms with Crippen LogP contribution in [-0.2, 0) is 11.2 Å². The molecule has 0 aliphatic carbocycles. The second kappa shape index (κ2) is 5.39. The van der Waals surface area contributed by atoms with E-state index in [1.54, 1.807) is 0 Å². The highest BCUT2D eigenvalue weighted by Gasteiger charge is 2.01. The molecule has 1 rings (SSSR count). The number of carbonyl (C=O) groups is 1. The van der Waals surface area contributed by atoms with E-state index in [4.69, 9.17) is 5.73 Å². The topological polar surface area (TPSA) is 55.1 Å². The normalized spacial score (nSPS) is 10.0. The van der Waals surface area contributed by atoms with Crippen molar-refractivity contribution in [1.29, 1.82) is 0 Å². The Kier molecular flexibility index (Phi) is 4.16. The monoisotopic (exact) mass is 206 g/mol.